The minimum absolute atomic E-state index is 0.0279. The molecule has 0 spiro atoms. The molecule has 0 bridgehead atoms. The minimum Gasteiger partial charge on any atom is -0.151 e. The number of allylic oxidation sites excluding steroid dienone is 10. The third kappa shape index (κ3) is 17.6. The molecular formula is C37H63NO. The highest BCUT2D eigenvalue weighted by molar-refractivity contribution is 5.37. The van der Waals surface area contributed by atoms with Gasteiger partial charge in [-0.1, -0.05) is 163 Å². The van der Waals surface area contributed by atoms with Crippen molar-refractivity contribution in [2.45, 2.75) is 170 Å². The van der Waals surface area contributed by atoms with Crippen molar-refractivity contribution in [3.8, 4) is 0 Å². The molecule has 1 aliphatic carbocycles. The minimum atomic E-state index is -0.0279. The summed E-state index contributed by atoms with van der Waals surface area (Å²) in [6.45, 7) is 13.6. The maximum absolute atomic E-state index is 11.3. The number of rotatable bonds is 22. The average molecular weight is 538 g/mol. The van der Waals surface area contributed by atoms with Crippen LogP contribution in [0.2, 0.25) is 0 Å². The van der Waals surface area contributed by atoms with Crippen LogP contribution < -0.4 is 0 Å². The van der Waals surface area contributed by atoms with Crippen molar-refractivity contribution in [3.05, 3.63) is 63.7 Å². The second-order valence-corrected chi connectivity index (χ2v) is 12.9. The van der Waals surface area contributed by atoms with Gasteiger partial charge in [-0.2, -0.15) is 4.91 Å². The summed E-state index contributed by atoms with van der Waals surface area (Å²) in [6.07, 6.45) is 37.6. The number of hydrogen-bond donors (Lipinski definition) is 0. The van der Waals surface area contributed by atoms with E-state index in [0.717, 1.165) is 25.7 Å². The zero-order chi connectivity index (χ0) is 28.8. The van der Waals surface area contributed by atoms with Crippen molar-refractivity contribution < 1.29 is 0 Å². The molecule has 39 heavy (non-hydrogen) atoms. The van der Waals surface area contributed by atoms with E-state index >= 15 is 0 Å². The van der Waals surface area contributed by atoms with Crippen molar-refractivity contribution in [1.82, 2.24) is 0 Å². The summed E-state index contributed by atoms with van der Waals surface area (Å²) >= 11 is 0. The van der Waals surface area contributed by atoms with Gasteiger partial charge in [0.15, 0.2) is 0 Å². The Labute approximate surface area is 243 Å². The van der Waals surface area contributed by atoms with Gasteiger partial charge in [0.2, 0.25) is 0 Å². The first kappa shape index (κ1) is 35.3. The van der Waals surface area contributed by atoms with Crippen molar-refractivity contribution in [2.24, 2.45) is 10.6 Å². The second kappa shape index (κ2) is 22.0. The molecule has 0 aliphatic heterocycles. The SMILES string of the molecule is CCCCCCCCCCCCCCCC(CCC=C(C)/C=C/C=C(C)/C=C/C1=C(C)CCCC1(C)C)N=O. The summed E-state index contributed by atoms with van der Waals surface area (Å²) < 4.78 is 0. The Morgan fingerprint density at radius 3 is 2.00 bits per heavy atom. The zero-order valence-corrected chi connectivity index (χ0v) is 26.8. The zero-order valence-electron chi connectivity index (χ0n) is 26.8. The van der Waals surface area contributed by atoms with Gasteiger partial charge in [0.05, 0.1) is 6.04 Å². The first-order chi connectivity index (χ1) is 18.8. The van der Waals surface area contributed by atoms with Crippen molar-refractivity contribution in [3.63, 3.8) is 0 Å². The number of nitroso groups, excluding NO2 is 1. The van der Waals surface area contributed by atoms with E-state index in [-0.39, 0.29) is 11.5 Å². The van der Waals surface area contributed by atoms with E-state index in [1.54, 1.807) is 5.57 Å². The van der Waals surface area contributed by atoms with E-state index in [2.05, 4.69) is 83.2 Å². The van der Waals surface area contributed by atoms with E-state index in [1.165, 1.54) is 113 Å². The lowest BCUT2D eigenvalue weighted by molar-refractivity contribution is 0.377. The van der Waals surface area contributed by atoms with Crippen LogP contribution in [0.25, 0.3) is 0 Å². The molecule has 1 aliphatic rings. The lowest BCUT2D eigenvalue weighted by Crippen LogP contribution is -2.19. The van der Waals surface area contributed by atoms with Gasteiger partial charge in [-0.25, -0.2) is 0 Å². The molecule has 1 atom stereocenters. The molecule has 222 valence electrons. The third-order valence-electron chi connectivity index (χ3n) is 8.53. The number of hydrogen-bond acceptors (Lipinski definition) is 2. The largest absolute Gasteiger partial charge is 0.151 e. The van der Waals surface area contributed by atoms with Crippen LogP contribution in [-0.4, -0.2) is 6.04 Å². The van der Waals surface area contributed by atoms with Gasteiger partial charge < -0.3 is 0 Å². The van der Waals surface area contributed by atoms with E-state index in [0.29, 0.717) is 0 Å². The molecule has 0 saturated heterocycles. The predicted molar refractivity (Wildman–Crippen MR) is 175 cm³/mol. The summed E-state index contributed by atoms with van der Waals surface area (Å²) in [6, 6.07) is -0.0279. The summed E-state index contributed by atoms with van der Waals surface area (Å²) in [5.41, 5.74) is 5.86. The molecule has 0 heterocycles. The standard InChI is InChI=1S/C37H63NO/c1-7-8-9-10-11-12-13-14-15-16-17-18-19-27-35(38-39)28-21-25-32(2)23-20-24-33(3)29-30-36-34(4)26-22-31-37(36,5)6/h20,23-25,29-30,35H,7-19,21-22,26-28,31H2,1-6H3/b23-20+,30-29+,32-25?,33-24+. The van der Waals surface area contributed by atoms with Crippen LogP contribution in [0.3, 0.4) is 0 Å². The molecule has 0 N–H and O–H groups in total. The Bertz CT molecular complexity index is 807. The van der Waals surface area contributed by atoms with Gasteiger partial charge in [0.25, 0.3) is 0 Å². The average Bonchev–Trinajstić information content (AvgIpc) is 2.89. The monoisotopic (exact) mass is 537 g/mol. The van der Waals surface area contributed by atoms with E-state index in [9.17, 15) is 4.91 Å². The van der Waals surface area contributed by atoms with Gasteiger partial charge in [0, 0.05) is 0 Å². The molecule has 1 unspecified atom stereocenters. The topological polar surface area (TPSA) is 29.4 Å². The van der Waals surface area contributed by atoms with Crippen LogP contribution in [0, 0.1) is 10.3 Å². The Balaban J connectivity index is 2.20. The Morgan fingerprint density at radius 1 is 0.846 bits per heavy atom. The van der Waals surface area contributed by atoms with Crippen molar-refractivity contribution in [1.29, 1.82) is 0 Å². The Hall–Kier alpha value is -1.70. The van der Waals surface area contributed by atoms with E-state index in [4.69, 9.17) is 0 Å². The van der Waals surface area contributed by atoms with Crippen LogP contribution in [0.4, 0.5) is 0 Å². The molecule has 0 aromatic heterocycles. The first-order valence-electron chi connectivity index (χ1n) is 16.5. The van der Waals surface area contributed by atoms with E-state index in [1.807, 2.05) is 0 Å². The fourth-order valence-electron chi connectivity index (χ4n) is 5.85. The van der Waals surface area contributed by atoms with Gasteiger partial charge >= 0.3 is 0 Å². The molecule has 1 rings (SSSR count). The van der Waals surface area contributed by atoms with Gasteiger partial charge in [-0.05, 0) is 70.3 Å². The quantitative estimate of drug-likeness (QED) is 0.0767. The van der Waals surface area contributed by atoms with Gasteiger partial charge in [0.1, 0.15) is 0 Å². The summed E-state index contributed by atoms with van der Waals surface area (Å²) in [7, 11) is 0. The fourth-order valence-corrected chi connectivity index (χ4v) is 5.85. The molecule has 0 amide bonds. The third-order valence-corrected chi connectivity index (χ3v) is 8.53. The highest BCUT2D eigenvalue weighted by Crippen LogP contribution is 2.40. The van der Waals surface area contributed by atoms with Crippen molar-refractivity contribution in [2.75, 3.05) is 0 Å². The second-order valence-electron chi connectivity index (χ2n) is 12.9. The molecule has 2 nitrogen and oxygen atoms in total. The summed E-state index contributed by atoms with van der Waals surface area (Å²) in [4.78, 5) is 11.3. The Morgan fingerprint density at radius 2 is 1.44 bits per heavy atom. The fraction of sp³-hybridized carbons (Fsp3) is 0.730. The smallest absolute Gasteiger partial charge is 0.0922 e. The van der Waals surface area contributed by atoms with Crippen LogP contribution in [0.1, 0.15) is 164 Å². The molecule has 0 fully saturated rings. The molecule has 0 aromatic carbocycles. The maximum atomic E-state index is 11.3. The lowest BCUT2D eigenvalue weighted by atomic mass is 9.72. The molecule has 0 saturated carbocycles. The molecule has 0 aromatic rings. The lowest BCUT2D eigenvalue weighted by Gasteiger charge is -2.32. The molecule has 0 radical (unpaired) electrons. The summed E-state index contributed by atoms with van der Waals surface area (Å²) in [5, 5.41) is 3.42. The van der Waals surface area contributed by atoms with Gasteiger partial charge in [-0.3, -0.25) is 0 Å². The van der Waals surface area contributed by atoms with Crippen LogP contribution in [0.15, 0.2) is 63.9 Å². The molecule has 2 heteroatoms. The maximum Gasteiger partial charge on any atom is 0.0922 e. The predicted octanol–water partition coefficient (Wildman–Crippen LogP) is 12.9. The highest BCUT2D eigenvalue weighted by Gasteiger charge is 2.26. The molecular weight excluding hydrogens is 474 g/mol. The Kier molecular flexibility index (Phi) is 20.0. The van der Waals surface area contributed by atoms with Gasteiger partial charge in [-0.15, -0.1) is 0 Å². The normalized spacial score (nSPS) is 17.5. The van der Waals surface area contributed by atoms with Crippen LogP contribution in [0.5, 0.6) is 0 Å². The van der Waals surface area contributed by atoms with Crippen LogP contribution >= 0.6 is 0 Å². The number of unbranched alkanes of at least 4 members (excludes halogenated alkanes) is 12. The van der Waals surface area contributed by atoms with Crippen molar-refractivity contribution >= 4 is 0 Å². The first-order valence-corrected chi connectivity index (χ1v) is 16.5. The number of nitrogens with zero attached hydrogens (tertiary/aromatic N) is 1. The van der Waals surface area contributed by atoms with E-state index < -0.39 is 0 Å². The summed E-state index contributed by atoms with van der Waals surface area (Å²) in [5.74, 6) is 0. The highest BCUT2D eigenvalue weighted by atomic mass is 16.3. The van der Waals surface area contributed by atoms with Crippen LogP contribution in [-0.2, 0) is 0 Å².